The molecule has 0 bridgehead atoms. The maximum absolute atomic E-state index is 4.71. The summed E-state index contributed by atoms with van der Waals surface area (Å²) < 4.78 is -0.00723. The molecule has 0 aliphatic heterocycles. The van der Waals surface area contributed by atoms with Gasteiger partial charge in [-0.25, -0.2) is 0 Å². The zero-order chi connectivity index (χ0) is 12.9. The topological polar surface area (TPSA) is 0 Å². The number of hydrogen-bond donors (Lipinski definition) is 1. The molecule has 0 radical (unpaired) electrons. The molecule has 94 valence electrons. The van der Waals surface area contributed by atoms with Gasteiger partial charge in [-0.3, -0.25) is 0 Å². The molecule has 1 unspecified atom stereocenters. The predicted molar refractivity (Wildman–Crippen MR) is 80.8 cm³/mol. The summed E-state index contributed by atoms with van der Waals surface area (Å²) in [7, 11) is 0. The highest BCUT2D eigenvalue weighted by Crippen LogP contribution is 2.31. The van der Waals surface area contributed by atoms with Crippen LogP contribution in [0.4, 0.5) is 0 Å². The molecule has 0 aromatic heterocycles. The highest BCUT2D eigenvalue weighted by molar-refractivity contribution is 7.81. The van der Waals surface area contributed by atoms with Crippen LogP contribution < -0.4 is 0 Å². The van der Waals surface area contributed by atoms with Crippen LogP contribution in [0.15, 0.2) is 35.9 Å². The van der Waals surface area contributed by atoms with E-state index in [9.17, 15) is 0 Å². The van der Waals surface area contributed by atoms with Gasteiger partial charge in [-0.1, -0.05) is 49.8 Å². The van der Waals surface area contributed by atoms with Crippen molar-refractivity contribution in [1.82, 2.24) is 0 Å². The molecule has 0 spiro atoms. The quantitative estimate of drug-likeness (QED) is 0.541. The van der Waals surface area contributed by atoms with E-state index in [4.69, 9.17) is 12.6 Å². The Bertz CT molecular complexity index is 371. The van der Waals surface area contributed by atoms with Gasteiger partial charge in [0.1, 0.15) is 0 Å². The van der Waals surface area contributed by atoms with Crippen LogP contribution in [0.3, 0.4) is 0 Å². The molecule has 0 saturated heterocycles. The Kier molecular flexibility index (Phi) is 5.32. The Hall–Kier alpha value is -0.690. The van der Waals surface area contributed by atoms with Crippen molar-refractivity contribution in [2.45, 2.75) is 51.7 Å². The summed E-state index contributed by atoms with van der Waals surface area (Å²) in [5, 5.41) is 0. The van der Waals surface area contributed by atoms with Crippen molar-refractivity contribution in [3.63, 3.8) is 0 Å². The number of hydrogen-bond acceptors (Lipinski definition) is 1. The van der Waals surface area contributed by atoms with Crippen LogP contribution in [0.1, 0.15) is 51.7 Å². The van der Waals surface area contributed by atoms with Crippen molar-refractivity contribution < 1.29 is 0 Å². The van der Waals surface area contributed by atoms with E-state index >= 15 is 0 Å². The number of benzene rings is 1. The van der Waals surface area contributed by atoms with Crippen LogP contribution >= 0.6 is 12.6 Å². The minimum absolute atomic E-state index is 0.00723. The molecule has 0 saturated carbocycles. The molecule has 1 aromatic rings. The van der Waals surface area contributed by atoms with Gasteiger partial charge in [0.15, 0.2) is 0 Å². The molecule has 17 heavy (non-hydrogen) atoms. The molecule has 0 amide bonds. The fourth-order valence-corrected chi connectivity index (χ4v) is 2.03. The lowest BCUT2D eigenvalue weighted by Crippen LogP contribution is -2.11. The lowest BCUT2D eigenvalue weighted by atomic mass is 9.94. The van der Waals surface area contributed by atoms with Crippen LogP contribution in [0.25, 0.3) is 0 Å². The van der Waals surface area contributed by atoms with E-state index in [1.807, 2.05) is 0 Å². The van der Waals surface area contributed by atoms with Crippen molar-refractivity contribution in [1.29, 1.82) is 0 Å². The molecule has 0 aliphatic carbocycles. The lowest BCUT2D eigenvalue weighted by molar-refractivity contribution is 0.671. The maximum atomic E-state index is 4.71. The zero-order valence-corrected chi connectivity index (χ0v) is 12.3. The summed E-state index contributed by atoms with van der Waals surface area (Å²) in [6.07, 6.45) is 5.48. The van der Waals surface area contributed by atoms with E-state index in [1.54, 1.807) is 0 Å². The average Bonchev–Trinajstić information content (AvgIpc) is 2.36. The van der Waals surface area contributed by atoms with Gasteiger partial charge in [0.25, 0.3) is 0 Å². The first-order valence-corrected chi connectivity index (χ1v) is 6.94. The minimum atomic E-state index is -0.00723. The molecule has 1 aromatic carbocycles. The SMILES string of the molecule is CC=C(CC)Cc1ccc(C(C)(S)CC)cc1. The van der Waals surface area contributed by atoms with E-state index in [2.05, 4.69) is 58.0 Å². The summed E-state index contributed by atoms with van der Waals surface area (Å²) in [6.45, 7) is 8.69. The number of rotatable bonds is 5. The van der Waals surface area contributed by atoms with Crippen LogP contribution in [-0.4, -0.2) is 0 Å². The molecule has 1 heteroatoms. The average molecular weight is 248 g/mol. The van der Waals surface area contributed by atoms with Crippen LogP contribution in [0, 0.1) is 0 Å². The second-order valence-electron chi connectivity index (χ2n) is 4.80. The molecule has 0 nitrogen and oxygen atoms in total. The largest absolute Gasteiger partial charge is 0.168 e. The van der Waals surface area contributed by atoms with Crippen molar-refractivity contribution in [3.8, 4) is 0 Å². The van der Waals surface area contributed by atoms with E-state index in [1.165, 1.54) is 16.7 Å². The molecule has 1 rings (SSSR count). The van der Waals surface area contributed by atoms with Gasteiger partial charge in [0.2, 0.25) is 0 Å². The second-order valence-corrected chi connectivity index (χ2v) is 5.79. The van der Waals surface area contributed by atoms with Crippen molar-refractivity contribution >= 4 is 12.6 Å². The van der Waals surface area contributed by atoms with Gasteiger partial charge in [0.05, 0.1) is 0 Å². The second kappa shape index (κ2) is 6.30. The van der Waals surface area contributed by atoms with Gasteiger partial charge in [-0.05, 0) is 44.2 Å². The van der Waals surface area contributed by atoms with Gasteiger partial charge >= 0.3 is 0 Å². The molecule has 0 aliphatic rings. The van der Waals surface area contributed by atoms with E-state index in [-0.39, 0.29) is 4.75 Å². The third-order valence-electron chi connectivity index (χ3n) is 3.56. The molecular weight excluding hydrogens is 224 g/mol. The summed E-state index contributed by atoms with van der Waals surface area (Å²) in [4.78, 5) is 0. The predicted octanol–water partition coefficient (Wildman–Crippen LogP) is 5.14. The molecule has 0 heterocycles. The van der Waals surface area contributed by atoms with Gasteiger partial charge in [0, 0.05) is 4.75 Å². The number of allylic oxidation sites excluding steroid dienone is 2. The Labute approximate surface area is 112 Å². The maximum Gasteiger partial charge on any atom is 0.0347 e. The lowest BCUT2D eigenvalue weighted by Gasteiger charge is -2.22. The van der Waals surface area contributed by atoms with Crippen LogP contribution in [0.5, 0.6) is 0 Å². The first kappa shape index (κ1) is 14.4. The summed E-state index contributed by atoms with van der Waals surface area (Å²) in [5.74, 6) is 0. The Morgan fingerprint density at radius 3 is 2.24 bits per heavy atom. The Morgan fingerprint density at radius 2 is 1.82 bits per heavy atom. The highest BCUT2D eigenvalue weighted by Gasteiger charge is 2.18. The van der Waals surface area contributed by atoms with Crippen molar-refractivity contribution in [2.75, 3.05) is 0 Å². The third kappa shape index (κ3) is 3.92. The van der Waals surface area contributed by atoms with E-state index < -0.39 is 0 Å². The first-order chi connectivity index (χ1) is 8.03. The van der Waals surface area contributed by atoms with Gasteiger partial charge in [-0.2, -0.15) is 12.6 Å². The smallest absolute Gasteiger partial charge is 0.0347 e. The monoisotopic (exact) mass is 248 g/mol. The van der Waals surface area contributed by atoms with Crippen molar-refractivity contribution in [2.24, 2.45) is 0 Å². The summed E-state index contributed by atoms with van der Waals surface area (Å²) in [5.41, 5.74) is 4.21. The van der Waals surface area contributed by atoms with E-state index in [0.29, 0.717) is 0 Å². The molecule has 0 N–H and O–H groups in total. The fraction of sp³-hybridized carbons (Fsp3) is 0.500. The Morgan fingerprint density at radius 1 is 1.24 bits per heavy atom. The minimum Gasteiger partial charge on any atom is -0.168 e. The highest BCUT2D eigenvalue weighted by atomic mass is 32.1. The molecule has 1 atom stereocenters. The molecule has 0 fully saturated rings. The van der Waals surface area contributed by atoms with E-state index in [0.717, 1.165) is 19.3 Å². The number of thiol groups is 1. The van der Waals surface area contributed by atoms with Gasteiger partial charge < -0.3 is 0 Å². The van der Waals surface area contributed by atoms with Gasteiger partial charge in [-0.15, -0.1) is 0 Å². The van der Waals surface area contributed by atoms with Crippen LogP contribution in [-0.2, 0) is 11.2 Å². The molecular formula is C16H24S. The summed E-state index contributed by atoms with van der Waals surface area (Å²) in [6, 6.07) is 8.90. The fourth-order valence-electron chi connectivity index (χ4n) is 1.88. The Balaban J connectivity index is 2.82. The van der Waals surface area contributed by atoms with Crippen LogP contribution in [0.2, 0.25) is 0 Å². The third-order valence-corrected chi connectivity index (χ3v) is 4.13. The normalized spacial score (nSPS) is 15.7. The zero-order valence-electron chi connectivity index (χ0n) is 11.5. The van der Waals surface area contributed by atoms with Crippen molar-refractivity contribution in [3.05, 3.63) is 47.0 Å². The first-order valence-electron chi connectivity index (χ1n) is 6.49. The standard InChI is InChI=1S/C16H24S/c1-5-13(6-2)12-14-8-10-15(11-9-14)16(4,17)7-3/h5,8-11,17H,6-7,12H2,1-4H3. The summed E-state index contributed by atoms with van der Waals surface area (Å²) >= 11 is 4.71.